The molecule has 2 aliphatic rings. The highest BCUT2D eigenvalue weighted by atomic mass is 35.5. The Bertz CT molecular complexity index is 471. The Morgan fingerprint density at radius 2 is 2.38 bits per heavy atom. The van der Waals surface area contributed by atoms with Crippen LogP contribution in [0, 0.1) is 5.92 Å². The highest BCUT2D eigenvalue weighted by molar-refractivity contribution is 6.32. The molecule has 3 nitrogen and oxygen atoms in total. The van der Waals surface area contributed by atoms with Crippen molar-refractivity contribution in [3.63, 3.8) is 0 Å². The van der Waals surface area contributed by atoms with E-state index in [4.69, 9.17) is 21.4 Å². The molecule has 84 valence electrons. The lowest BCUT2D eigenvalue weighted by Gasteiger charge is -2.27. The van der Waals surface area contributed by atoms with Crippen LogP contribution in [0.1, 0.15) is 18.4 Å². The molecule has 1 saturated carbocycles. The average Bonchev–Trinajstić information content (AvgIpc) is 2.96. The van der Waals surface area contributed by atoms with Crippen LogP contribution in [0.5, 0.6) is 5.75 Å². The molecule has 1 heterocycles. The lowest BCUT2D eigenvalue weighted by atomic mass is 9.87. The zero-order valence-electron chi connectivity index (χ0n) is 8.57. The van der Waals surface area contributed by atoms with Crippen molar-refractivity contribution in [1.82, 2.24) is 0 Å². The van der Waals surface area contributed by atoms with Gasteiger partial charge in [0, 0.05) is 11.0 Å². The molecule has 1 aromatic carbocycles. The number of hydrogen-bond acceptors (Lipinski definition) is 2. The van der Waals surface area contributed by atoms with E-state index in [1.807, 2.05) is 12.1 Å². The van der Waals surface area contributed by atoms with E-state index in [9.17, 15) is 4.79 Å². The summed E-state index contributed by atoms with van der Waals surface area (Å²) in [7, 11) is 0. The number of rotatable bonds is 1. The van der Waals surface area contributed by atoms with Crippen LogP contribution >= 0.6 is 11.6 Å². The lowest BCUT2D eigenvalue weighted by Crippen LogP contribution is -2.24. The largest absolute Gasteiger partial charge is 0.492 e. The second-order valence-electron chi connectivity index (χ2n) is 4.47. The Balaban J connectivity index is 2.09. The van der Waals surface area contributed by atoms with Crippen LogP contribution in [-0.4, -0.2) is 17.7 Å². The molecule has 2 unspecified atom stereocenters. The number of fused-ring (bicyclic) bond motifs is 2. The zero-order chi connectivity index (χ0) is 11.3. The first-order valence-corrected chi connectivity index (χ1v) is 5.67. The number of benzene rings is 1. The first-order valence-electron chi connectivity index (χ1n) is 5.30. The molecule has 1 aliphatic carbocycles. The van der Waals surface area contributed by atoms with Crippen LogP contribution in [0.3, 0.4) is 0 Å². The number of hydrogen-bond donors (Lipinski definition) is 1. The van der Waals surface area contributed by atoms with Gasteiger partial charge in [0.05, 0.1) is 17.5 Å². The fourth-order valence-electron chi connectivity index (χ4n) is 2.72. The SMILES string of the molecule is O=C(O)C1CC12CCOc1c(Cl)cccc12. The van der Waals surface area contributed by atoms with E-state index in [1.165, 1.54) is 0 Å². The van der Waals surface area contributed by atoms with Crippen molar-refractivity contribution in [2.75, 3.05) is 6.61 Å². The molecule has 1 aliphatic heterocycles. The number of carboxylic acids is 1. The molecule has 2 atom stereocenters. The van der Waals surface area contributed by atoms with Crippen LogP contribution < -0.4 is 4.74 Å². The van der Waals surface area contributed by atoms with Gasteiger partial charge in [-0.25, -0.2) is 0 Å². The molecule has 4 heteroatoms. The van der Waals surface area contributed by atoms with E-state index in [0.717, 1.165) is 12.0 Å². The van der Waals surface area contributed by atoms with Crippen LogP contribution in [0.2, 0.25) is 5.02 Å². The highest BCUT2D eigenvalue weighted by Gasteiger charge is 2.61. The summed E-state index contributed by atoms with van der Waals surface area (Å²) < 4.78 is 5.53. The summed E-state index contributed by atoms with van der Waals surface area (Å²) in [5, 5.41) is 9.67. The Hall–Kier alpha value is -1.22. The zero-order valence-corrected chi connectivity index (χ0v) is 9.33. The summed E-state index contributed by atoms with van der Waals surface area (Å²) in [5.41, 5.74) is 0.753. The van der Waals surface area contributed by atoms with Gasteiger partial charge in [-0.1, -0.05) is 23.7 Å². The predicted octanol–water partition coefficient (Wildman–Crippen LogP) is 2.46. The quantitative estimate of drug-likeness (QED) is 0.818. The van der Waals surface area contributed by atoms with Crippen LogP contribution in [0.25, 0.3) is 0 Å². The Labute approximate surface area is 98.0 Å². The standard InChI is InChI=1S/C12H11ClO3/c13-9-3-1-2-7-10(9)16-5-4-12(7)6-8(12)11(14)15/h1-3,8H,4-6H2,(H,14,15). The molecule has 1 fully saturated rings. The van der Waals surface area contributed by atoms with Gasteiger partial charge in [0.15, 0.2) is 0 Å². The van der Waals surface area contributed by atoms with Gasteiger partial charge < -0.3 is 9.84 Å². The van der Waals surface area contributed by atoms with Gasteiger partial charge in [-0.2, -0.15) is 0 Å². The molecule has 0 bridgehead atoms. The lowest BCUT2D eigenvalue weighted by molar-refractivity contribution is -0.139. The van der Waals surface area contributed by atoms with Crippen molar-refractivity contribution < 1.29 is 14.6 Å². The van der Waals surface area contributed by atoms with Gasteiger partial charge in [-0.15, -0.1) is 0 Å². The van der Waals surface area contributed by atoms with Crippen molar-refractivity contribution in [2.45, 2.75) is 18.3 Å². The van der Waals surface area contributed by atoms with Gasteiger partial charge >= 0.3 is 5.97 Å². The first-order chi connectivity index (χ1) is 7.65. The number of para-hydroxylation sites is 1. The van der Waals surface area contributed by atoms with E-state index in [2.05, 4.69) is 0 Å². The van der Waals surface area contributed by atoms with Crippen LogP contribution in [0.4, 0.5) is 0 Å². The maximum atomic E-state index is 11.1. The summed E-state index contributed by atoms with van der Waals surface area (Å²) in [6, 6.07) is 5.57. The van der Waals surface area contributed by atoms with E-state index >= 15 is 0 Å². The number of carbonyl (C=O) groups is 1. The maximum Gasteiger partial charge on any atom is 0.307 e. The third-order valence-corrected chi connectivity index (χ3v) is 3.97. The molecule has 0 saturated heterocycles. The smallest absolute Gasteiger partial charge is 0.307 e. The minimum atomic E-state index is -0.715. The Kier molecular flexibility index (Phi) is 1.96. The van der Waals surface area contributed by atoms with E-state index in [0.29, 0.717) is 23.8 Å². The number of aliphatic carboxylic acids is 1. The van der Waals surface area contributed by atoms with Crippen molar-refractivity contribution in [2.24, 2.45) is 5.92 Å². The maximum absolute atomic E-state index is 11.1. The van der Waals surface area contributed by atoms with Crippen molar-refractivity contribution >= 4 is 17.6 Å². The fraction of sp³-hybridized carbons (Fsp3) is 0.417. The average molecular weight is 239 g/mol. The fourth-order valence-corrected chi connectivity index (χ4v) is 2.95. The van der Waals surface area contributed by atoms with Gasteiger partial charge in [0.2, 0.25) is 0 Å². The van der Waals surface area contributed by atoms with Gasteiger partial charge in [0.1, 0.15) is 5.75 Å². The molecule has 1 aromatic rings. The van der Waals surface area contributed by atoms with Crippen LogP contribution in [-0.2, 0) is 10.2 Å². The van der Waals surface area contributed by atoms with Crippen molar-refractivity contribution in [1.29, 1.82) is 0 Å². The Morgan fingerprint density at radius 3 is 3.06 bits per heavy atom. The summed E-state index contributed by atoms with van der Waals surface area (Å²) >= 11 is 6.05. The third kappa shape index (κ3) is 1.18. The van der Waals surface area contributed by atoms with Crippen molar-refractivity contribution in [3.05, 3.63) is 28.8 Å². The van der Waals surface area contributed by atoms with E-state index in [1.54, 1.807) is 6.07 Å². The van der Waals surface area contributed by atoms with Crippen molar-refractivity contribution in [3.8, 4) is 5.75 Å². The monoisotopic (exact) mass is 238 g/mol. The molecule has 1 N–H and O–H groups in total. The minimum absolute atomic E-state index is 0.218. The topological polar surface area (TPSA) is 46.5 Å². The molecule has 0 radical (unpaired) electrons. The summed E-state index contributed by atoms with van der Waals surface area (Å²) in [6.07, 6.45) is 1.48. The second-order valence-corrected chi connectivity index (χ2v) is 4.87. The molecule has 16 heavy (non-hydrogen) atoms. The molecule has 3 rings (SSSR count). The van der Waals surface area contributed by atoms with E-state index < -0.39 is 5.97 Å². The van der Waals surface area contributed by atoms with Gasteiger partial charge in [0.25, 0.3) is 0 Å². The van der Waals surface area contributed by atoms with Gasteiger partial charge in [-0.05, 0) is 18.9 Å². The number of carboxylic acid groups (broad SMARTS) is 1. The normalized spacial score (nSPS) is 30.7. The van der Waals surface area contributed by atoms with Crippen LogP contribution in [0.15, 0.2) is 18.2 Å². The first kappa shape index (κ1) is 9.97. The summed E-state index contributed by atoms with van der Waals surface area (Å²) in [6.45, 7) is 0.556. The minimum Gasteiger partial charge on any atom is -0.492 e. The molecular formula is C12H11ClO3. The van der Waals surface area contributed by atoms with E-state index in [-0.39, 0.29) is 11.3 Å². The highest BCUT2D eigenvalue weighted by Crippen LogP contribution is 2.61. The Morgan fingerprint density at radius 1 is 1.56 bits per heavy atom. The number of ether oxygens (including phenoxy) is 1. The van der Waals surface area contributed by atoms with Gasteiger partial charge in [-0.3, -0.25) is 4.79 Å². The third-order valence-electron chi connectivity index (χ3n) is 3.67. The molecular weight excluding hydrogens is 228 g/mol. The second kappa shape index (κ2) is 3.14. The number of halogens is 1. The molecule has 0 amide bonds. The molecule has 0 aromatic heterocycles. The predicted molar refractivity (Wildman–Crippen MR) is 59.0 cm³/mol. The summed E-state index contributed by atoms with van der Waals surface area (Å²) in [4.78, 5) is 11.1. The molecule has 1 spiro atoms. The summed E-state index contributed by atoms with van der Waals surface area (Å²) in [5.74, 6) is -0.305.